The van der Waals surface area contributed by atoms with Crippen molar-refractivity contribution in [3.05, 3.63) is 23.1 Å². The van der Waals surface area contributed by atoms with Gasteiger partial charge in [-0.15, -0.1) is 11.3 Å². The lowest BCUT2D eigenvalue weighted by molar-refractivity contribution is -0.0402. The molecule has 0 saturated carbocycles. The van der Waals surface area contributed by atoms with Gasteiger partial charge in [-0.25, -0.2) is 15.0 Å². The third kappa shape index (κ3) is 3.25. The molecule has 1 atom stereocenters. The third-order valence-electron chi connectivity index (χ3n) is 5.46. The van der Waals surface area contributed by atoms with Crippen LogP contribution < -0.4 is 5.32 Å². The number of ether oxygens (including phenoxy) is 1. The van der Waals surface area contributed by atoms with Gasteiger partial charge in [-0.2, -0.15) is 0 Å². The molecule has 0 unspecified atom stereocenters. The van der Waals surface area contributed by atoms with Crippen LogP contribution in [-0.4, -0.2) is 38.3 Å². The Kier molecular flexibility index (Phi) is 5.02. The number of nitrogens with one attached hydrogen (secondary N) is 1. The largest absolute Gasteiger partial charge is 0.394 e. The predicted molar refractivity (Wildman–Crippen MR) is 114 cm³/mol. The lowest BCUT2D eigenvalue weighted by atomic mass is 9.87. The van der Waals surface area contributed by atoms with Crippen LogP contribution in [0.5, 0.6) is 0 Å². The fraction of sp³-hybridized carbons (Fsp3) is 0.571. The molecule has 0 aromatic carbocycles. The number of hydrogen-bond acceptors (Lipinski definition) is 7. The van der Waals surface area contributed by atoms with Gasteiger partial charge < -0.3 is 15.2 Å². The monoisotopic (exact) mass is 400 g/mol. The summed E-state index contributed by atoms with van der Waals surface area (Å²) in [5, 5.41) is 14.1. The van der Waals surface area contributed by atoms with Crippen LogP contribution in [0, 0.1) is 0 Å². The van der Waals surface area contributed by atoms with Crippen molar-refractivity contribution in [2.75, 3.05) is 11.9 Å². The number of pyridine rings is 1. The second kappa shape index (κ2) is 7.21. The van der Waals surface area contributed by atoms with Crippen LogP contribution in [-0.2, 0) is 17.8 Å². The highest BCUT2D eigenvalue weighted by molar-refractivity contribution is 7.26. The van der Waals surface area contributed by atoms with Gasteiger partial charge in [0.1, 0.15) is 17.0 Å². The van der Waals surface area contributed by atoms with E-state index in [2.05, 4.69) is 43.0 Å². The summed E-state index contributed by atoms with van der Waals surface area (Å²) in [5.41, 5.74) is 4.39. The molecule has 0 fully saturated rings. The number of nitrogens with zero attached hydrogens (tertiary/aromatic N) is 3. The van der Waals surface area contributed by atoms with Crippen LogP contribution in [0.3, 0.4) is 0 Å². The standard InChI is InChI=1S/C21H28N4O2S/c1-6-12(8-26)24-19-18-17(22-10-23-19)15-13-7-21(4,5)27-9-14(13)16(11(2)3)25-20(15)28-18/h10-12,26H,6-9H2,1-5H3,(H,22,23,24)/t12-/m0/s1. The Morgan fingerprint density at radius 2 is 2.07 bits per heavy atom. The van der Waals surface area contributed by atoms with Gasteiger partial charge in [-0.05, 0) is 31.7 Å². The molecule has 3 aromatic rings. The minimum Gasteiger partial charge on any atom is -0.394 e. The Bertz CT molecular complexity index is 1020. The summed E-state index contributed by atoms with van der Waals surface area (Å²) in [4.78, 5) is 15.1. The van der Waals surface area contributed by atoms with E-state index in [0.717, 1.165) is 44.8 Å². The lowest BCUT2D eigenvalue weighted by Gasteiger charge is -2.33. The number of rotatable bonds is 5. The maximum atomic E-state index is 9.58. The van der Waals surface area contributed by atoms with Crippen LogP contribution in [0.15, 0.2) is 6.33 Å². The van der Waals surface area contributed by atoms with Crippen molar-refractivity contribution < 1.29 is 9.84 Å². The molecule has 0 radical (unpaired) electrons. The minimum absolute atomic E-state index is 0.0243. The van der Waals surface area contributed by atoms with E-state index in [0.29, 0.717) is 12.5 Å². The molecule has 6 nitrogen and oxygen atoms in total. The molecule has 0 bridgehead atoms. The summed E-state index contributed by atoms with van der Waals surface area (Å²) in [6.45, 7) is 11.4. The average molecular weight is 401 g/mol. The minimum atomic E-state index is -0.206. The molecule has 28 heavy (non-hydrogen) atoms. The Labute approximate surface area is 169 Å². The fourth-order valence-corrected chi connectivity index (χ4v) is 5.00. The molecule has 4 rings (SSSR count). The summed E-state index contributed by atoms with van der Waals surface area (Å²) in [7, 11) is 0. The van der Waals surface area contributed by atoms with E-state index >= 15 is 0 Å². The molecule has 2 N–H and O–H groups in total. The number of aliphatic hydroxyl groups excluding tert-OH is 1. The van der Waals surface area contributed by atoms with Crippen molar-refractivity contribution in [2.45, 2.75) is 71.6 Å². The molecular weight excluding hydrogens is 372 g/mol. The second-order valence-electron chi connectivity index (χ2n) is 8.45. The molecule has 3 aromatic heterocycles. The first-order chi connectivity index (χ1) is 13.3. The summed E-state index contributed by atoms with van der Waals surface area (Å²) >= 11 is 1.63. The maximum absolute atomic E-state index is 9.58. The number of thiophene rings is 1. The van der Waals surface area contributed by atoms with Crippen LogP contribution in [0.25, 0.3) is 20.4 Å². The average Bonchev–Trinajstić information content (AvgIpc) is 3.04. The first kappa shape index (κ1) is 19.5. The number of aromatic nitrogens is 3. The van der Waals surface area contributed by atoms with Gasteiger partial charge in [-0.1, -0.05) is 20.8 Å². The maximum Gasteiger partial charge on any atom is 0.147 e. The summed E-state index contributed by atoms with van der Waals surface area (Å²) in [5.74, 6) is 1.11. The number of aliphatic hydroxyl groups is 1. The van der Waals surface area contributed by atoms with Gasteiger partial charge in [0.25, 0.3) is 0 Å². The van der Waals surface area contributed by atoms with E-state index in [4.69, 9.17) is 9.72 Å². The topological polar surface area (TPSA) is 80.2 Å². The lowest BCUT2D eigenvalue weighted by Crippen LogP contribution is -2.32. The van der Waals surface area contributed by atoms with Crippen molar-refractivity contribution in [2.24, 2.45) is 0 Å². The molecule has 1 aliphatic rings. The van der Waals surface area contributed by atoms with Gasteiger partial charge in [0.15, 0.2) is 0 Å². The summed E-state index contributed by atoms with van der Waals surface area (Å²) in [6, 6.07) is -0.0243. The van der Waals surface area contributed by atoms with Gasteiger partial charge in [0.05, 0.1) is 40.8 Å². The van der Waals surface area contributed by atoms with Crippen LogP contribution in [0.1, 0.15) is 63.8 Å². The first-order valence-corrected chi connectivity index (χ1v) is 10.8. The highest BCUT2D eigenvalue weighted by Crippen LogP contribution is 2.43. The highest BCUT2D eigenvalue weighted by atomic mass is 32.1. The Morgan fingerprint density at radius 1 is 1.29 bits per heavy atom. The molecule has 7 heteroatoms. The van der Waals surface area contributed by atoms with E-state index in [9.17, 15) is 5.11 Å². The van der Waals surface area contributed by atoms with E-state index < -0.39 is 0 Å². The molecule has 0 saturated heterocycles. The zero-order valence-electron chi connectivity index (χ0n) is 17.2. The third-order valence-corrected chi connectivity index (χ3v) is 6.54. The molecule has 0 aliphatic carbocycles. The SMILES string of the molecule is CC[C@@H](CO)Nc1ncnc2c1sc1nc(C(C)C)c3c(c12)CC(C)(C)OC3. The summed E-state index contributed by atoms with van der Waals surface area (Å²) in [6.07, 6.45) is 3.27. The van der Waals surface area contributed by atoms with Gasteiger partial charge in [-0.3, -0.25) is 0 Å². The fourth-order valence-electron chi connectivity index (χ4n) is 3.88. The molecule has 0 amide bonds. The van der Waals surface area contributed by atoms with Crippen LogP contribution >= 0.6 is 11.3 Å². The predicted octanol–water partition coefficient (Wildman–Crippen LogP) is 4.40. The number of fused-ring (bicyclic) bond motifs is 5. The Morgan fingerprint density at radius 3 is 2.75 bits per heavy atom. The van der Waals surface area contributed by atoms with Crippen molar-refractivity contribution in [1.82, 2.24) is 15.0 Å². The molecule has 0 spiro atoms. The van der Waals surface area contributed by atoms with Crippen LogP contribution in [0.4, 0.5) is 5.82 Å². The molecule has 1 aliphatic heterocycles. The van der Waals surface area contributed by atoms with E-state index in [1.54, 1.807) is 17.7 Å². The molecular formula is C21H28N4O2S. The van der Waals surface area contributed by atoms with Crippen molar-refractivity contribution in [3.8, 4) is 0 Å². The van der Waals surface area contributed by atoms with Crippen molar-refractivity contribution in [3.63, 3.8) is 0 Å². The summed E-state index contributed by atoms with van der Waals surface area (Å²) < 4.78 is 7.12. The van der Waals surface area contributed by atoms with Gasteiger partial charge in [0.2, 0.25) is 0 Å². The Hall–Kier alpha value is -1.83. The normalized spacial score (nSPS) is 17.2. The van der Waals surface area contributed by atoms with Crippen LogP contribution in [0.2, 0.25) is 0 Å². The smallest absolute Gasteiger partial charge is 0.147 e. The number of anilines is 1. The zero-order chi connectivity index (χ0) is 20.1. The molecule has 4 heterocycles. The van der Waals surface area contributed by atoms with E-state index in [-0.39, 0.29) is 18.2 Å². The number of hydrogen-bond donors (Lipinski definition) is 2. The quantitative estimate of drug-likeness (QED) is 0.661. The van der Waals surface area contributed by atoms with Gasteiger partial charge in [0, 0.05) is 17.4 Å². The van der Waals surface area contributed by atoms with E-state index in [1.807, 2.05) is 6.92 Å². The molecule has 150 valence electrons. The first-order valence-electron chi connectivity index (χ1n) is 9.94. The van der Waals surface area contributed by atoms with Gasteiger partial charge >= 0.3 is 0 Å². The Balaban J connectivity index is 1.99. The second-order valence-corrected chi connectivity index (χ2v) is 9.45. The van der Waals surface area contributed by atoms with Crippen molar-refractivity contribution >= 4 is 37.6 Å². The zero-order valence-corrected chi connectivity index (χ0v) is 18.0. The van der Waals surface area contributed by atoms with Crippen molar-refractivity contribution in [1.29, 1.82) is 0 Å². The highest BCUT2D eigenvalue weighted by Gasteiger charge is 2.32. The van der Waals surface area contributed by atoms with E-state index in [1.165, 1.54) is 11.1 Å².